The lowest BCUT2D eigenvalue weighted by molar-refractivity contribution is 0.409. The van der Waals surface area contributed by atoms with E-state index < -0.39 is 0 Å². The van der Waals surface area contributed by atoms with Crippen LogP contribution in [0.1, 0.15) is 16.0 Å². The van der Waals surface area contributed by atoms with Gasteiger partial charge in [0.1, 0.15) is 5.75 Å². The topological polar surface area (TPSA) is 9.23 Å². The van der Waals surface area contributed by atoms with Crippen molar-refractivity contribution in [2.45, 2.75) is 11.2 Å². The van der Waals surface area contributed by atoms with Gasteiger partial charge in [0.25, 0.3) is 0 Å². The van der Waals surface area contributed by atoms with Crippen LogP contribution >= 0.6 is 15.9 Å². The van der Waals surface area contributed by atoms with Gasteiger partial charge in [0.15, 0.2) is 0 Å². The van der Waals surface area contributed by atoms with Crippen molar-refractivity contribution in [1.82, 2.24) is 0 Å². The third kappa shape index (κ3) is 3.10. The van der Waals surface area contributed by atoms with Crippen molar-refractivity contribution in [1.29, 1.82) is 0 Å². The predicted molar refractivity (Wildman–Crippen MR) is 74.8 cm³/mol. The van der Waals surface area contributed by atoms with Crippen molar-refractivity contribution in [2.75, 3.05) is 7.11 Å². The molecule has 1 nitrogen and oxygen atoms in total. The van der Waals surface area contributed by atoms with E-state index in [-0.39, 0.29) is 4.83 Å². The summed E-state index contributed by atoms with van der Waals surface area (Å²) < 4.78 is 5.37. The molecule has 0 fully saturated rings. The molecule has 0 aliphatic heterocycles. The van der Waals surface area contributed by atoms with Crippen molar-refractivity contribution in [3.63, 3.8) is 0 Å². The fraction of sp³-hybridized carbons (Fsp3) is 0.200. The Hall–Kier alpha value is -1.28. The van der Waals surface area contributed by atoms with Crippen LogP contribution in [0.25, 0.3) is 0 Å². The second-order valence-electron chi connectivity index (χ2n) is 3.90. The van der Waals surface area contributed by atoms with E-state index in [1.807, 2.05) is 24.3 Å². The van der Waals surface area contributed by atoms with Crippen LogP contribution in [0.5, 0.6) is 5.75 Å². The fourth-order valence-corrected chi connectivity index (χ4v) is 2.61. The number of hydrogen-bond acceptors (Lipinski definition) is 1. The first-order valence-electron chi connectivity index (χ1n) is 5.62. The van der Waals surface area contributed by atoms with Crippen molar-refractivity contribution >= 4 is 15.9 Å². The monoisotopic (exact) mass is 290 g/mol. The van der Waals surface area contributed by atoms with E-state index >= 15 is 0 Å². The van der Waals surface area contributed by atoms with Crippen molar-refractivity contribution in [3.8, 4) is 5.75 Å². The third-order valence-electron chi connectivity index (χ3n) is 2.73. The summed E-state index contributed by atoms with van der Waals surface area (Å²) in [6.07, 6.45) is 0.960. The zero-order valence-electron chi connectivity index (χ0n) is 9.77. The molecule has 0 aliphatic carbocycles. The van der Waals surface area contributed by atoms with Crippen molar-refractivity contribution < 1.29 is 4.74 Å². The number of benzene rings is 2. The number of hydrogen-bond donors (Lipinski definition) is 0. The molecule has 0 radical (unpaired) electrons. The predicted octanol–water partition coefficient (Wildman–Crippen LogP) is 4.37. The normalized spacial score (nSPS) is 12.1. The van der Waals surface area contributed by atoms with Gasteiger partial charge in [-0.15, -0.1) is 0 Å². The molecule has 0 saturated heterocycles. The van der Waals surface area contributed by atoms with Gasteiger partial charge < -0.3 is 4.74 Å². The molecule has 0 saturated carbocycles. The van der Waals surface area contributed by atoms with E-state index in [1.165, 1.54) is 11.1 Å². The quantitative estimate of drug-likeness (QED) is 0.760. The average molecular weight is 291 g/mol. The molecule has 1 atom stereocenters. The fourth-order valence-electron chi connectivity index (χ4n) is 1.86. The van der Waals surface area contributed by atoms with E-state index in [1.54, 1.807) is 7.11 Å². The highest BCUT2D eigenvalue weighted by Gasteiger charge is 2.12. The van der Waals surface area contributed by atoms with Gasteiger partial charge in [0.05, 0.1) is 7.11 Å². The average Bonchev–Trinajstić information content (AvgIpc) is 2.40. The second-order valence-corrected chi connectivity index (χ2v) is 5.00. The SMILES string of the molecule is COc1ccccc1C(Br)Cc1ccccc1. The number of methoxy groups -OCH3 is 1. The van der Waals surface area contributed by atoms with Gasteiger partial charge in [-0.05, 0) is 18.1 Å². The summed E-state index contributed by atoms with van der Waals surface area (Å²) in [4.78, 5) is 0.279. The first-order valence-corrected chi connectivity index (χ1v) is 6.53. The zero-order chi connectivity index (χ0) is 12.1. The van der Waals surface area contributed by atoms with Gasteiger partial charge in [-0.2, -0.15) is 0 Å². The van der Waals surface area contributed by atoms with Crippen molar-refractivity contribution in [3.05, 3.63) is 65.7 Å². The van der Waals surface area contributed by atoms with Crippen LogP contribution in [0.2, 0.25) is 0 Å². The van der Waals surface area contributed by atoms with E-state index in [0.717, 1.165) is 12.2 Å². The van der Waals surface area contributed by atoms with Crippen LogP contribution < -0.4 is 4.74 Å². The molecule has 0 bridgehead atoms. The summed E-state index contributed by atoms with van der Waals surface area (Å²) in [5.74, 6) is 0.935. The largest absolute Gasteiger partial charge is 0.496 e. The van der Waals surface area contributed by atoms with Gasteiger partial charge in [0, 0.05) is 10.4 Å². The summed E-state index contributed by atoms with van der Waals surface area (Å²) in [6.45, 7) is 0. The number of halogens is 1. The first-order chi connectivity index (χ1) is 8.31. The van der Waals surface area contributed by atoms with Crippen LogP contribution in [-0.2, 0) is 6.42 Å². The summed E-state index contributed by atoms with van der Waals surface area (Å²) >= 11 is 3.73. The summed E-state index contributed by atoms with van der Waals surface area (Å²) in [5.41, 5.74) is 2.51. The van der Waals surface area contributed by atoms with Crippen LogP contribution in [0.4, 0.5) is 0 Å². The maximum atomic E-state index is 5.37. The minimum absolute atomic E-state index is 0.279. The maximum Gasteiger partial charge on any atom is 0.123 e. The zero-order valence-corrected chi connectivity index (χ0v) is 11.4. The smallest absolute Gasteiger partial charge is 0.123 e. The minimum Gasteiger partial charge on any atom is -0.496 e. The molecule has 2 aromatic rings. The number of alkyl halides is 1. The third-order valence-corrected chi connectivity index (χ3v) is 3.55. The highest BCUT2D eigenvalue weighted by atomic mass is 79.9. The van der Waals surface area contributed by atoms with Crippen molar-refractivity contribution in [2.24, 2.45) is 0 Å². The molecule has 2 aromatic carbocycles. The van der Waals surface area contributed by atoms with Crippen LogP contribution in [0, 0.1) is 0 Å². The highest BCUT2D eigenvalue weighted by molar-refractivity contribution is 9.09. The molecule has 1 unspecified atom stereocenters. The molecule has 0 aromatic heterocycles. The molecule has 17 heavy (non-hydrogen) atoms. The summed E-state index contributed by atoms with van der Waals surface area (Å²) in [5, 5.41) is 0. The van der Waals surface area contributed by atoms with Gasteiger partial charge in [0.2, 0.25) is 0 Å². The second kappa shape index (κ2) is 5.87. The van der Waals surface area contributed by atoms with Gasteiger partial charge in [-0.1, -0.05) is 64.5 Å². The van der Waals surface area contributed by atoms with Crippen LogP contribution in [-0.4, -0.2) is 7.11 Å². The van der Waals surface area contributed by atoms with E-state index in [4.69, 9.17) is 4.74 Å². The molecule has 0 heterocycles. The Balaban J connectivity index is 2.17. The van der Waals surface area contributed by atoms with E-state index in [0.29, 0.717) is 0 Å². The minimum atomic E-state index is 0.279. The molecule has 2 heteroatoms. The molecular formula is C15H15BrO. The van der Waals surface area contributed by atoms with Gasteiger partial charge in [-0.25, -0.2) is 0 Å². The molecule has 0 spiro atoms. The summed E-state index contributed by atoms with van der Waals surface area (Å²) in [7, 11) is 1.71. The maximum absolute atomic E-state index is 5.37. The molecule has 2 rings (SSSR count). The molecule has 0 amide bonds. The van der Waals surface area contributed by atoms with Crippen LogP contribution in [0.15, 0.2) is 54.6 Å². The highest BCUT2D eigenvalue weighted by Crippen LogP contribution is 2.33. The lowest BCUT2D eigenvalue weighted by Gasteiger charge is -2.14. The molecular weight excluding hydrogens is 276 g/mol. The Morgan fingerprint density at radius 3 is 2.35 bits per heavy atom. The Kier molecular flexibility index (Phi) is 4.21. The Bertz CT molecular complexity index is 467. The number of ether oxygens (including phenoxy) is 1. The Morgan fingerprint density at radius 2 is 1.65 bits per heavy atom. The lowest BCUT2D eigenvalue weighted by Crippen LogP contribution is -1.98. The van der Waals surface area contributed by atoms with E-state index in [2.05, 4.69) is 46.3 Å². The van der Waals surface area contributed by atoms with Crippen LogP contribution in [0.3, 0.4) is 0 Å². The molecule has 88 valence electrons. The van der Waals surface area contributed by atoms with Gasteiger partial charge >= 0.3 is 0 Å². The number of rotatable bonds is 4. The standard InChI is InChI=1S/C15H15BrO/c1-17-15-10-6-5-9-13(15)14(16)11-12-7-3-2-4-8-12/h2-10,14H,11H2,1H3. The van der Waals surface area contributed by atoms with E-state index in [9.17, 15) is 0 Å². The first kappa shape index (κ1) is 12.2. The Morgan fingerprint density at radius 1 is 1.00 bits per heavy atom. The Labute approximate surface area is 111 Å². The van der Waals surface area contributed by atoms with Gasteiger partial charge in [-0.3, -0.25) is 0 Å². The number of para-hydroxylation sites is 1. The molecule has 0 N–H and O–H groups in total. The lowest BCUT2D eigenvalue weighted by atomic mass is 10.0. The molecule has 0 aliphatic rings. The summed E-state index contributed by atoms with van der Waals surface area (Å²) in [6, 6.07) is 18.6.